The summed E-state index contributed by atoms with van der Waals surface area (Å²) in [5.74, 6) is -1.26. The van der Waals surface area contributed by atoms with Crippen molar-refractivity contribution < 1.29 is 18.7 Å². The fourth-order valence-corrected chi connectivity index (χ4v) is 2.95. The average molecular weight is 396 g/mol. The Morgan fingerprint density at radius 3 is 2.90 bits per heavy atom. The molecule has 0 aliphatic carbocycles. The lowest BCUT2D eigenvalue weighted by Crippen LogP contribution is -2.49. The van der Waals surface area contributed by atoms with E-state index in [2.05, 4.69) is 20.4 Å². The van der Waals surface area contributed by atoms with E-state index < -0.39 is 29.4 Å². The van der Waals surface area contributed by atoms with E-state index in [9.17, 15) is 14.0 Å². The van der Waals surface area contributed by atoms with Gasteiger partial charge in [-0.05, 0) is 24.3 Å². The van der Waals surface area contributed by atoms with Crippen molar-refractivity contribution in [2.24, 2.45) is 0 Å². The predicted molar refractivity (Wildman–Crippen MR) is 99.9 cm³/mol. The number of nitrogens with one attached hydrogen (secondary N) is 1. The Bertz CT molecular complexity index is 1060. The van der Waals surface area contributed by atoms with Crippen LogP contribution in [0.2, 0.25) is 0 Å². The van der Waals surface area contributed by atoms with E-state index in [0.717, 1.165) is 6.20 Å². The number of anilines is 1. The highest BCUT2D eigenvalue weighted by Gasteiger charge is 2.32. The largest absolute Gasteiger partial charge is 0.487 e. The second kappa shape index (κ2) is 7.66. The molecular formula is C19H17FN6O3. The monoisotopic (exact) mass is 396 g/mol. The van der Waals surface area contributed by atoms with E-state index in [-0.39, 0.29) is 13.2 Å². The van der Waals surface area contributed by atoms with Crippen molar-refractivity contribution in [3.05, 3.63) is 66.1 Å². The Labute approximate surface area is 165 Å². The first-order valence-corrected chi connectivity index (χ1v) is 8.82. The van der Waals surface area contributed by atoms with Gasteiger partial charge in [-0.2, -0.15) is 5.10 Å². The number of likely N-dealkylation sites (N-methyl/N-ethyl adjacent to an activating group) is 1. The molecule has 0 saturated carbocycles. The molecule has 0 fully saturated rings. The van der Waals surface area contributed by atoms with Crippen LogP contribution >= 0.6 is 0 Å². The van der Waals surface area contributed by atoms with Crippen LogP contribution in [0.3, 0.4) is 0 Å². The third kappa shape index (κ3) is 3.77. The van der Waals surface area contributed by atoms with Gasteiger partial charge >= 0.3 is 0 Å². The van der Waals surface area contributed by atoms with Crippen LogP contribution in [0.4, 0.5) is 10.2 Å². The maximum absolute atomic E-state index is 14.3. The van der Waals surface area contributed by atoms with Crippen LogP contribution in [-0.2, 0) is 11.3 Å². The highest BCUT2D eigenvalue weighted by molar-refractivity contribution is 6.02. The lowest BCUT2D eigenvalue weighted by Gasteiger charge is -2.19. The number of ether oxygens (including phenoxy) is 1. The van der Waals surface area contributed by atoms with Gasteiger partial charge in [-0.3, -0.25) is 24.2 Å². The average Bonchev–Trinajstić information content (AvgIpc) is 3.05. The van der Waals surface area contributed by atoms with Gasteiger partial charge in [0, 0.05) is 19.4 Å². The standard InChI is InChI=1S/C19H17FN6O3/c1-25-17-15(6-4-8-22-17)29-11-14(19(25)28)23-18(27)16-13(20)10-26(24-16)9-12-5-2-3-7-21-12/h2-8,10,14H,9,11H2,1H3,(H,23,27). The molecule has 1 aliphatic heterocycles. The SMILES string of the molecule is CN1C(=O)C(NC(=O)c2nn(Cc3ccccn3)cc2F)COc2cccnc21. The molecule has 0 aromatic carbocycles. The molecule has 0 bridgehead atoms. The van der Waals surface area contributed by atoms with Crippen LogP contribution in [0.5, 0.6) is 5.75 Å². The van der Waals surface area contributed by atoms with Gasteiger partial charge in [0.1, 0.15) is 12.6 Å². The molecule has 1 unspecified atom stereocenters. The number of amides is 2. The molecule has 1 aliphatic rings. The van der Waals surface area contributed by atoms with Crippen LogP contribution in [-0.4, -0.2) is 51.3 Å². The Hall–Kier alpha value is -3.82. The van der Waals surface area contributed by atoms with Crippen LogP contribution in [0.1, 0.15) is 16.2 Å². The molecule has 148 valence electrons. The number of halogens is 1. The van der Waals surface area contributed by atoms with E-state index in [1.54, 1.807) is 36.5 Å². The summed E-state index contributed by atoms with van der Waals surface area (Å²) in [6, 6.07) is 7.68. The fraction of sp³-hybridized carbons (Fsp3) is 0.211. The molecule has 1 atom stereocenters. The zero-order valence-electron chi connectivity index (χ0n) is 15.4. The van der Waals surface area contributed by atoms with Gasteiger partial charge in [0.15, 0.2) is 23.1 Å². The van der Waals surface area contributed by atoms with Gasteiger partial charge < -0.3 is 10.1 Å². The van der Waals surface area contributed by atoms with Gasteiger partial charge in [0.2, 0.25) is 0 Å². The predicted octanol–water partition coefficient (Wildman–Crippen LogP) is 1.01. The molecule has 0 radical (unpaired) electrons. The van der Waals surface area contributed by atoms with E-state index in [0.29, 0.717) is 17.3 Å². The number of pyridine rings is 2. The normalized spacial score (nSPS) is 16.0. The van der Waals surface area contributed by atoms with Gasteiger partial charge in [-0.25, -0.2) is 9.37 Å². The molecular weight excluding hydrogens is 379 g/mol. The summed E-state index contributed by atoms with van der Waals surface area (Å²) in [5, 5.41) is 6.48. The molecule has 4 rings (SSSR count). The minimum absolute atomic E-state index is 0.107. The molecule has 4 heterocycles. The van der Waals surface area contributed by atoms with Crippen molar-refractivity contribution in [1.29, 1.82) is 0 Å². The lowest BCUT2D eigenvalue weighted by atomic mass is 10.2. The molecule has 0 saturated heterocycles. The van der Waals surface area contributed by atoms with Gasteiger partial charge in [-0.15, -0.1) is 0 Å². The summed E-state index contributed by atoms with van der Waals surface area (Å²) in [5.41, 5.74) is 0.262. The molecule has 29 heavy (non-hydrogen) atoms. The van der Waals surface area contributed by atoms with Crippen LogP contribution < -0.4 is 15.0 Å². The highest BCUT2D eigenvalue weighted by atomic mass is 19.1. The zero-order chi connectivity index (χ0) is 20.4. The Morgan fingerprint density at radius 2 is 2.10 bits per heavy atom. The Balaban J connectivity index is 1.49. The maximum Gasteiger partial charge on any atom is 0.275 e. The van der Waals surface area contributed by atoms with Crippen molar-refractivity contribution in [3.8, 4) is 5.75 Å². The third-order valence-electron chi connectivity index (χ3n) is 4.39. The first kappa shape index (κ1) is 18.5. The van der Waals surface area contributed by atoms with Crippen molar-refractivity contribution in [2.75, 3.05) is 18.6 Å². The molecule has 10 heteroatoms. The molecule has 1 N–H and O–H groups in total. The summed E-state index contributed by atoms with van der Waals surface area (Å²) in [7, 11) is 1.53. The van der Waals surface area contributed by atoms with Gasteiger partial charge in [-0.1, -0.05) is 6.07 Å². The summed E-state index contributed by atoms with van der Waals surface area (Å²) >= 11 is 0. The molecule has 0 spiro atoms. The topological polar surface area (TPSA) is 102 Å². The van der Waals surface area contributed by atoms with Gasteiger partial charge in [0.05, 0.1) is 18.4 Å². The van der Waals surface area contributed by atoms with Crippen LogP contribution in [0, 0.1) is 5.82 Å². The number of carbonyl (C=O) groups excluding carboxylic acids is 2. The van der Waals surface area contributed by atoms with Crippen molar-refractivity contribution in [2.45, 2.75) is 12.6 Å². The number of fused-ring (bicyclic) bond motifs is 1. The first-order chi connectivity index (χ1) is 14.0. The molecule has 9 nitrogen and oxygen atoms in total. The highest BCUT2D eigenvalue weighted by Crippen LogP contribution is 2.27. The Morgan fingerprint density at radius 1 is 1.28 bits per heavy atom. The van der Waals surface area contributed by atoms with E-state index >= 15 is 0 Å². The Kier molecular flexibility index (Phi) is 4.90. The number of rotatable bonds is 4. The van der Waals surface area contributed by atoms with Crippen molar-refractivity contribution in [1.82, 2.24) is 25.1 Å². The van der Waals surface area contributed by atoms with Gasteiger partial charge in [0.25, 0.3) is 11.8 Å². The zero-order valence-corrected chi connectivity index (χ0v) is 15.4. The van der Waals surface area contributed by atoms with Crippen LogP contribution in [0.15, 0.2) is 48.9 Å². The lowest BCUT2D eigenvalue weighted by molar-refractivity contribution is -0.120. The van der Waals surface area contributed by atoms with E-state index in [1.807, 2.05) is 0 Å². The summed E-state index contributed by atoms with van der Waals surface area (Å²) in [4.78, 5) is 34.8. The number of carbonyl (C=O) groups is 2. The summed E-state index contributed by atoms with van der Waals surface area (Å²) in [6.45, 7) is 0.101. The quantitative estimate of drug-likeness (QED) is 0.706. The first-order valence-electron chi connectivity index (χ1n) is 8.82. The molecule has 2 amide bonds. The minimum Gasteiger partial charge on any atom is -0.487 e. The second-order valence-electron chi connectivity index (χ2n) is 6.40. The number of nitrogens with zero attached hydrogens (tertiary/aromatic N) is 5. The molecule has 3 aromatic rings. The van der Waals surface area contributed by atoms with E-state index in [1.165, 1.54) is 22.8 Å². The summed E-state index contributed by atoms with van der Waals surface area (Å²) in [6.07, 6.45) is 4.26. The number of aromatic nitrogens is 4. The number of hydrogen-bond donors (Lipinski definition) is 1. The number of hydrogen-bond acceptors (Lipinski definition) is 6. The summed E-state index contributed by atoms with van der Waals surface area (Å²) < 4.78 is 21.2. The van der Waals surface area contributed by atoms with Crippen LogP contribution in [0.25, 0.3) is 0 Å². The smallest absolute Gasteiger partial charge is 0.275 e. The maximum atomic E-state index is 14.3. The molecule has 3 aromatic heterocycles. The van der Waals surface area contributed by atoms with Crippen molar-refractivity contribution in [3.63, 3.8) is 0 Å². The second-order valence-corrected chi connectivity index (χ2v) is 6.40. The minimum atomic E-state index is -1.01. The van der Waals surface area contributed by atoms with Crippen molar-refractivity contribution >= 4 is 17.6 Å². The van der Waals surface area contributed by atoms with E-state index in [4.69, 9.17) is 4.74 Å². The fourth-order valence-electron chi connectivity index (χ4n) is 2.95. The third-order valence-corrected chi connectivity index (χ3v) is 4.39.